The minimum atomic E-state index is -0.752. The van der Waals surface area contributed by atoms with E-state index in [1.807, 2.05) is 13.8 Å². The molecule has 2 N–H and O–H groups in total. The van der Waals surface area contributed by atoms with Crippen LogP contribution in [0.25, 0.3) is 0 Å². The van der Waals surface area contributed by atoms with E-state index in [2.05, 4.69) is 10.6 Å². The second-order valence-corrected chi connectivity index (χ2v) is 6.11. The Morgan fingerprint density at radius 2 is 1.61 bits per heavy atom. The molecule has 2 amide bonds. The highest BCUT2D eigenvalue weighted by molar-refractivity contribution is 6.11. The molecule has 0 aromatic heterocycles. The molecule has 0 spiro atoms. The zero-order valence-electron chi connectivity index (χ0n) is 15.9. The number of hydrogen-bond donors (Lipinski definition) is 2. The van der Waals surface area contributed by atoms with Crippen molar-refractivity contribution in [3.8, 4) is 11.5 Å². The molecule has 0 aliphatic rings. The number of nitrogens with zero attached hydrogens (tertiary/aromatic N) is 1. The number of rotatable bonds is 7. The molecule has 148 valence electrons. The minimum Gasteiger partial charge on any atom is -0.493 e. The molecule has 0 heterocycles. The smallest absolute Gasteiger partial charge is 0.286 e. The third-order valence-electron chi connectivity index (χ3n) is 3.78. The first kappa shape index (κ1) is 20.7. The van der Waals surface area contributed by atoms with E-state index >= 15 is 0 Å². The Morgan fingerprint density at radius 1 is 1.00 bits per heavy atom. The van der Waals surface area contributed by atoms with Gasteiger partial charge in [0.15, 0.2) is 11.5 Å². The van der Waals surface area contributed by atoms with E-state index in [1.54, 1.807) is 24.3 Å². The molecular formula is C19H21N3O6. The van der Waals surface area contributed by atoms with Crippen molar-refractivity contribution in [1.29, 1.82) is 0 Å². The summed E-state index contributed by atoms with van der Waals surface area (Å²) in [6.07, 6.45) is 0. The average Bonchev–Trinajstić information content (AvgIpc) is 2.66. The fraction of sp³-hybridized carbons (Fsp3) is 0.263. The SMILES string of the molecule is COc1cc(C(=O)Nc2ccccc2C(=O)NC(C)C)c([N+](=O)[O-])cc1OC. The van der Waals surface area contributed by atoms with Gasteiger partial charge in [-0.25, -0.2) is 0 Å². The summed E-state index contributed by atoms with van der Waals surface area (Å²) in [6, 6.07) is 8.64. The van der Waals surface area contributed by atoms with Crippen LogP contribution in [0.2, 0.25) is 0 Å². The van der Waals surface area contributed by atoms with Gasteiger partial charge in [0, 0.05) is 12.1 Å². The Morgan fingerprint density at radius 3 is 2.18 bits per heavy atom. The van der Waals surface area contributed by atoms with Gasteiger partial charge in [-0.2, -0.15) is 0 Å². The first-order valence-electron chi connectivity index (χ1n) is 8.40. The number of benzene rings is 2. The van der Waals surface area contributed by atoms with Gasteiger partial charge in [0.25, 0.3) is 17.5 Å². The molecule has 0 aliphatic carbocycles. The Balaban J connectivity index is 2.43. The summed E-state index contributed by atoms with van der Waals surface area (Å²) in [5, 5.41) is 16.7. The van der Waals surface area contributed by atoms with E-state index in [1.165, 1.54) is 20.3 Å². The number of para-hydroxylation sites is 1. The maximum atomic E-state index is 12.8. The number of carbonyl (C=O) groups is 2. The summed E-state index contributed by atoms with van der Waals surface area (Å²) < 4.78 is 10.2. The zero-order valence-corrected chi connectivity index (χ0v) is 15.9. The number of methoxy groups -OCH3 is 2. The Kier molecular flexibility index (Phi) is 6.54. The Bertz CT molecular complexity index is 911. The average molecular weight is 387 g/mol. The van der Waals surface area contributed by atoms with Gasteiger partial charge in [0.2, 0.25) is 0 Å². The molecule has 2 rings (SSSR count). The minimum absolute atomic E-state index is 0.0943. The van der Waals surface area contributed by atoms with Crippen LogP contribution in [0, 0.1) is 10.1 Å². The van der Waals surface area contributed by atoms with Crippen LogP contribution in [0.15, 0.2) is 36.4 Å². The van der Waals surface area contributed by atoms with Crippen molar-refractivity contribution in [2.24, 2.45) is 0 Å². The first-order chi connectivity index (χ1) is 13.3. The quantitative estimate of drug-likeness (QED) is 0.557. The molecule has 0 radical (unpaired) electrons. The van der Waals surface area contributed by atoms with E-state index in [0.29, 0.717) is 0 Å². The van der Waals surface area contributed by atoms with Gasteiger partial charge in [-0.15, -0.1) is 0 Å². The predicted molar refractivity (Wildman–Crippen MR) is 103 cm³/mol. The number of hydrogen-bond acceptors (Lipinski definition) is 6. The summed E-state index contributed by atoms with van der Waals surface area (Å²) >= 11 is 0. The molecule has 0 aliphatic heterocycles. The van der Waals surface area contributed by atoms with E-state index in [0.717, 1.165) is 6.07 Å². The standard InChI is InChI=1S/C19H21N3O6/c1-11(2)20-18(23)12-7-5-6-8-14(12)21-19(24)13-9-16(27-3)17(28-4)10-15(13)22(25)26/h5-11H,1-4H3,(H,20,23)(H,21,24). The molecule has 0 atom stereocenters. The monoisotopic (exact) mass is 387 g/mol. The maximum absolute atomic E-state index is 12.8. The highest BCUT2D eigenvalue weighted by atomic mass is 16.6. The Hall–Kier alpha value is -3.62. The van der Waals surface area contributed by atoms with Crippen molar-refractivity contribution < 1.29 is 24.0 Å². The lowest BCUT2D eigenvalue weighted by atomic mass is 10.1. The number of nitro benzene ring substituents is 1. The van der Waals surface area contributed by atoms with E-state index in [-0.39, 0.29) is 40.3 Å². The van der Waals surface area contributed by atoms with Crippen molar-refractivity contribution in [2.45, 2.75) is 19.9 Å². The molecule has 0 saturated carbocycles. The third kappa shape index (κ3) is 4.56. The maximum Gasteiger partial charge on any atom is 0.286 e. The van der Waals surface area contributed by atoms with Crippen molar-refractivity contribution in [3.63, 3.8) is 0 Å². The van der Waals surface area contributed by atoms with Crippen LogP contribution in [0.4, 0.5) is 11.4 Å². The van der Waals surface area contributed by atoms with Gasteiger partial charge in [-0.1, -0.05) is 12.1 Å². The van der Waals surface area contributed by atoms with Crippen molar-refractivity contribution in [3.05, 3.63) is 57.6 Å². The Labute approximate surface area is 161 Å². The molecule has 0 bridgehead atoms. The largest absolute Gasteiger partial charge is 0.493 e. The highest BCUT2D eigenvalue weighted by Crippen LogP contribution is 2.35. The molecule has 2 aromatic carbocycles. The normalized spacial score (nSPS) is 10.3. The molecule has 0 fully saturated rings. The number of carbonyl (C=O) groups excluding carboxylic acids is 2. The summed E-state index contributed by atoms with van der Waals surface area (Å²) in [6.45, 7) is 3.62. The van der Waals surface area contributed by atoms with Crippen LogP contribution in [-0.2, 0) is 0 Å². The van der Waals surface area contributed by atoms with Gasteiger partial charge in [-0.3, -0.25) is 19.7 Å². The second kappa shape index (κ2) is 8.85. The van der Waals surface area contributed by atoms with Gasteiger partial charge in [0.1, 0.15) is 5.56 Å². The fourth-order valence-corrected chi connectivity index (χ4v) is 2.52. The van der Waals surface area contributed by atoms with Gasteiger partial charge in [0.05, 0.1) is 36.5 Å². The van der Waals surface area contributed by atoms with Gasteiger partial charge < -0.3 is 20.1 Å². The van der Waals surface area contributed by atoms with Crippen LogP contribution in [-0.4, -0.2) is 37.0 Å². The van der Waals surface area contributed by atoms with Crippen LogP contribution in [0.1, 0.15) is 34.6 Å². The van der Waals surface area contributed by atoms with Gasteiger partial charge in [-0.05, 0) is 26.0 Å². The van der Waals surface area contributed by atoms with E-state index < -0.39 is 16.5 Å². The number of nitrogens with one attached hydrogen (secondary N) is 2. The summed E-state index contributed by atoms with van der Waals surface area (Å²) in [5.74, 6) is -0.822. The zero-order chi connectivity index (χ0) is 20.8. The van der Waals surface area contributed by atoms with Crippen molar-refractivity contribution in [2.75, 3.05) is 19.5 Å². The number of ether oxygens (including phenoxy) is 2. The van der Waals surface area contributed by atoms with E-state index in [4.69, 9.17) is 9.47 Å². The predicted octanol–water partition coefficient (Wildman–Crippen LogP) is 3.00. The molecule has 9 nitrogen and oxygen atoms in total. The fourth-order valence-electron chi connectivity index (χ4n) is 2.52. The van der Waals surface area contributed by atoms with E-state index in [9.17, 15) is 19.7 Å². The summed E-state index contributed by atoms with van der Waals surface area (Å²) in [5.41, 5.74) is -0.191. The van der Waals surface area contributed by atoms with Crippen LogP contribution < -0.4 is 20.1 Å². The summed E-state index contributed by atoms with van der Waals surface area (Å²) in [4.78, 5) is 35.8. The number of amides is 2. The lowest BCUT2D eigenvalue weighted by molar-refractivity contribution is -0.385. The van der Waals surface area contributed by atoms with Crippen molar-refractivity contribution in [1.82, 2.24) is 5.32 Å². The number of anilines is 1. The highest BCUT2D eigenvalue weighted by Gasteiger charge is 2.25. The third-order valence-corrected chi connectivity index (χ3v) is 3.78. The van der Waals surface area contributed by atoms with Crippen LogP contribution in [0.5, 0.6) is 11.5 Å². The first-order valence-corrected chi connectivity index (χ1v) is 8.40. The lowest BCUT2D eigenvalue weighted by Crippen LogP contribution is -2.31. The molecule has 2 aromatic rings. The summed E-state index contributed by atoms with van der Waals surface area (Å²) in [7, 11) is 2.70. The molecule has 28 heavy (non-hydrogen) atoms. The van der Waals surface area contributed by atoms with Crippen LogP contribution >= 0.6 is 0 Å². The molecule has 0 unspecified atom stereocenters. The van der Waals surface area contributed by atoms with Crippen molar-refractivity contribution >= 4 is 23.2 Å². The topological polar surface area (TPSA) is 120 Å². The second-order valence-electron chi connectivity index (χ2n) is 6.11. The molecule has 9 heteroatoms. The molecule has 0 saturated heterocycles. The molecular weight excluding hydrogens is 366 g/mol. The number of nitro groups is 1. The lowest BCUT2D eigenvalue weighted by Gasteiger charge is -2.14. The van der Waals surface area contributed by atoms with Gasteiger partial charge >= 0.3 is 0 Å². The van der Waals surface area contributed by atoms with Crippen LogP contribution in [0.3, 0.4) is 0 Å².